The fourth-order valence-electron chi connectivity index (χ4n) is 3.09. The zero-order chi connectivity index (χ0) is 17.2. The quantitative estimate of drug-likeness (QED) is 0.903. The summed E-state index contributed by atoms with van der Waals surface area (Å²) < 4.78 is 27.6. The van der Waals surface area contributed by atoms with Crippen molar-refractivity contribution >= 4 is 15.8 Å². The van der Waals surface area contributed by atoms with Crippen LogP contribution in [0.15, 0.2) is 47.5 Å². The van der Waals surface area contributed by atoms with E-state index in [9.17, 15) is 8.42 Å². The Morgan fingerprint density at radius 2 is 1.96 bits per heavy atom. The molecule has 1 aliphatic heterocycles. The molecule has 1 saturated heterocycles. The zero-order valence-electron chi connectivity index (χ0n) is 14.1. The van der Waals surface area contributed by atoms with E-state index in [1.165, 1.54) is 0 Å². The molecular formula is C18H23N3O2S. The highest BCUT2D eigenvalue weighted by atomic mass is 32.2. The Bertz CT molecular complexity index is 786. The van der Waals surface area contributed by atoms with Gasteiger partial charge in [-0.3, -0.25) is 0 Å². The first-order chi connectivity index (χ1) is 11.5. The lowest BCUT2D eigenvalue weighted by atomic mass is 10.1. The minimum atomic E-state index is -3.48. The number of rotatable bonds is 5. The Kier molecular flexibility index (Phi) is 4.87. The van der Waals surface area contributed by atoms with E-state index in [-0.39, 0.29) is 6.04 Å². The second kappa shape index (κ2) is 6.91. The molecule has 0 radical (unpaired) electrons. The van der Waals surface area contributed by atoms with Crippen LogP contribution in [0.25, 0.3) is 0 Å². The maximum absolute atomic E-state index is 13.0. The molecule has 1 aromatic carbocycles. The molecule has 6 heteroatoms. The Hall–Kier alpha value is -1.92. The monoisotopic (exact) mass is 345 g/mol. The molecule has 3 rings (SSSR count). The second-order valence-corrected chi connectivity index (χ2v) is 7.98. The third-order valence-corrected chi connectivity index (χ3v) is 6.28. The highest BCUT2D eigenvalue weighted by molar-refractivity contribution is 7.89. The Labute approximate surface area is 143 Å². The van der Waals surface area contributed by atoms with Crippen LogP contribution in [0.4, 0.5) is 5.82 Å². The van der Waals surface area contributed by atoms with Gasteiger partial charge in [0.05, 0.1) is 10.9 Å². The van der Waals surface area contributed by atoms with Crippen LogP contribution < -0.4 is 5.32 Å². The van der Waals surface area contributed by atoms with Gasteiger partial charge in [0.15, 0.2) is 0 Å². The Morgan fingerprint density at radius 1 is 1.21 bits per heavy atom. The van der Waals surface area contributed by atoms with Crippen molar-refractivity contribution in [2.24, 2.45) is 0 Å². The van der Waals surface area contributed by atoms with Gasteiger partial charge >= 0.3 is 0 Å². The first-order valence-electron chi connectivity index (χ1n) is 8.30. The van der Waals surface area contributed by atoms with Crippen LogP contribution in [0.1, 0.15) is 36.9 Å². The highest BCUT2D eigenvalue weighted by Crippen LogP contribution is 2.36. The molecule has 0 amide bonds. The molecular weight excluding hydrogens is 322 g/mol. The molecule has 1 fully saturated rings. The normalized spacial score (nSPS) is 18.7. The number of aromatic nitrogens is 1. The van der Waals surface area contributed by atoms with Gasteiger partial charge < -0.3 is 5.32 Å². The van der Waals surface area contributed by atoms with Gasteiger partial charge in [0.25, 0.3) is 0 Å². The molecule has 2 aromatic rings. The fraction of sp³-hybridized carbons (Fsp3) is 0.389. The third-order valence-electron chi connectivity index (χ3n) is 4.36. The largest absolute Gasteiger partial charge is 0.370 e. The average Bonchev–Trinajstić information content (AvgIpc) is 3.07. The Balaban J connectivity index is 1.88. The molecule has 0 aliphatic carbocycles. The van der Waals surface area contributed by atoms with Gasteiger partial charge in [-0.1, -0.05) is 23.8 Å². The molecule has 1 aromatic heterocycles. The number of hydrogen-bond donors (Lipinski definition) is 1. The first-order valence-corrected chi connectivity index (χ1v) is 9.74. The average molecular weight is 345 g/mol. The van der Waals surface area contributed by atoms with Gasteiger partial charge in [-0.05, 0) is 50.5 Å². The van der Waals surface area contributed by atoms with Crippen LogP contribution in [0.5, 0.6) is 0 Å². The van der Waals surface area contributed by atoms with E-state index in [1.807, 2.05) is 38.1 Å². The van der Waals surface area contributed by atoms with E-state index in [0.29, 0.717) is 11.4 Å². The van der Waals surface area contributed by atoms with Gasteiger partial charge in [-0.25, -0.2) is 13.4 Å². The zero-order valence-corrected chi connectivity index (χ0v) is 14.9. The van der Waals surface area contributed by atoms with Crippen LogP contribution in [0.3, 0.4) is 0 Å². The van der Waals surface area contributed by atoms with Crippen molar-refractivity contribution in [3.05, 3.63) is 53.7 Å². The number of hydrogen-bond acceptors (Lipinski definition) is 4. The molecule has 0 bridgehead atoms. The smallest absolute Gasteiger partial charge is 0.243 e. The predicted octanol–water partition coefficient (Wildman–Crippen LogP) is 3.35. The van der Waals surface area contributed by atoms with Crippen molar-refractivity contribution < 1.29 is 8.42 Å². The highest BCUT2D eigenvalue weighted by Gasteiger charge is 2.36. The van der Waals surface area contributed by atoms with Crippen molar-refractivity contribution in [2.45, 2.75) is 37.6 Å². The SMILES string of the molecule is CCNc1ccc(C2CCCN2S(=O)(=O)c2ccc(C)cc2)cn1. The third kappa shape index (κ3) is 3.30. The van der Waals surface area contributed by atoms with Crippen LogP contribution in [-0.4, -0.2) is 30.8 Å². The number of aryl methyl sites for hydroxylation is 1. The molecule has 2 heterocycles. The van der Waals surface area contributed by atoms with Crippen molar-refractivity contribution in [3.8, 4) is 0 Å². The van der Waals surface area contributed by atoms with Crippen molar-refractivity contribution in [3.63, 3.8) is 0 Å². The number of anilines is 1. The molecule has 24 heavy (non-hydrogen) atoms. The van der Waals surface area contributed by atoms with E-state index < -0.39 is 10.0 Å². The molecule has 1 unspecified atom stereocenters. The van der Waals surface area contributed by atoms with E-state index in [2.05, 4.69) is 10.3 Å². The van der Waals surface area contributed by atoms with Crippen molar-refractivity contribution in [1.29, 1.82) is 0 Å². The predicted molar refractivity (Wildman–Crippen MR) is 95.4 cm³/mol. The topological polar surface area (TPSA) is 62.3 Å². The first kappa shape index (κ1) is 16.9. The van der Waals surface area contributed by atoms with Gasteiger partial charge in [0, 0.05) is 19.3 Å². The van der Waals surface area contributed by atoms with Crippen LogP contribution in [-0.2, 0) is 10.0 Å². The van der Waals surface area contributed by atoms with Crippen LogP contribution in [0, 0.1) is 6.92 Å². The lowest BCUT2D eigenvalue weighted by Gasteiger charge is -2.24. The van der Waals surface area contributed by atoms with Gasteiger partial charge in [0.2, 0.25) is 10.0 Å². The van der Waals surface area contributed by atoms with Crippen molar-refractivity contribution in [1.82, 2.24) is 9.29 Å². The molecule has 128 valence electrons. The number of nitrogens with one attached hydrogen (secondary N) is 1. The van der Waals surface area contributed by atoms with Gasteiger partial charge in [0.1, 0.15) is 5.82 Å². The molecule has 1 aliphatic rings. The molecule has 1 N–H and O–H groups in total. The lowest BCUT2D eigenvalue weighted by molar-refractivity contribution is 0.396. The second-order valence-electron chi connectivity index (χ2n) is 6.09. The number of nitrogens with zero attached hydrogens (tertiary/aromatic N) is 2. The van der Waals surface area contributed by atoms with E-state index in [0.717, 1.165) is 36.3 Å². The fourth-order valence-corrected chi connectivity index (χ4v) is 4.78. The molecule has 1 atom stereocenters. The molecule has 0 spiro atoms. The van der Waals surface area contributed by atoms with E-state index in [1.54, 1.807) is 22.6 Å². The molecule has 5 nitrogen and oxygen atoms in total. The Morgan fingerprint density at radius 3 is 2.58 bits per heavy atom. The minimum Gasteiger partial charge on any atom is -0.370 e. The standard InChI is InChI=1S/C18H23N3O2S/c1-3-19-18-11-8-15(13-20-18)17-5-4-12-21(17)24(22,23)16-9-6-14(2)7-10-16/h6-11,13,17H,3-5,12H2,1-2H3,(H,19,20). The summed E-state index contributed by atoms with van der Waals surface area (Å²) in [4.78, 5) is 4.74. The van der Waals surface area contributed by atoms with Crippen LogP contribution >= 0.6 is 0 Å². The van der Waals surface area contributed by atoms with E-state index >= 15 is 0 Å². The summed E-state index contributed by atoms with van der Waals surface area (Å²) in [7, 11) is -3.48. The summed E-state index contributed by atoms with van der Waals surface area (Å²) in [6, 6.07) is 10.8. The minimum absolute atomic E-state index is 0.139. The van der Waals surface area contributed by atoms with Gasteiger partial charge in [-0.15, -0.1) is 0 Å². The summed E-state index contributed by atoms with van der Waals surface area (Å²) in [5.41, 5.74) is 2.00. The number of pyridine rings is 1. The van der Waals surface area contributed by atoms with Crippen LogP contribution in [0.2, 0.25) is 0 Å². The molecule has 0 saturated carbocycles. The lowest BCUT2D eigenvalue weighted by Crippen LogP contribution is -2.30. The maximum Gasteiger partial charge on any atom is 0.243 e. The summed E-state index contributed by atoms with van der Waals surface area (Å²) in [6.45, 7) is 5.33. The number of benzene rings is 1. The summed E-state index contributed by atoms with van der Waals surface area (Å²) in [6.07, 6.45) is 3.48. The number of sulfonamides is 1. The van der Waals surface area contributed by atoms with Gasteiger partial charge in [-0.2, -0.15) is 4.31 Å². The maximum atomic E-state index is 13.0. The van der Waals surface area contributed by atoms with Crippen molar-refractivity contribution in [2.75, 3.05) is 18.4 Å². The summed E-state index contributed by atoms with van der Waals surface area (Å²) >= 11 is 0. The summed E-state index contributed by atoms with van der Waals surface area (Å²) in [5, 5.41) is 3.15. The summed E-state index contributed by atoms with van der Waals surface area (Å²) in [5.74, 6) is 0.812. The van der Waals surface area contributed by atoms with E-state index in [4.69, 9.17) is 0 Å².